The molecule has 5 heteroatoms. The molecule has 0 aliphatic rings. The van der Waals surface area contributed by atoms with Crippen molar-refractivity contribution in [3.8, 4) is 5.75 Å². The van der Waals surface area contributed by atoms with Crippen LogP contribution in [-0.2, 0) is 6.18 Å². The van der Waals surface area contributed by atoms with Crippen LogP contribution in [-0.4, -0.2) is 10.1 Å². The van der Waals surface area contributed by atoms with E-state index in [2.05, 4.69) is 4.98 Å². The molecule has 1 aromatic heterocycles. The molecule has 0 saturated heterocycles. The van der Waals surface area contributed by atoms with Crippen LogP contribution in [0.1, 0.15) is 11.1 Å². The zero-order valence-corrected chi connectivity index (χ0v) is 8.34. The van der Waals surface area contributed by atoms with E-state index in [1.807, 2.05) is 0 Å². The van der Waals surface area contributed by atoms with Gasteiger partial charge in [-0.1, -0.05) is 0 Å². The Morgan fingerprint density at radius 3 is 2.56 bits per heavy atom. The number of hydrogen-bond acceptors (Lipinski definition) is 2. The van der Waals surface area contributed by atoms with E-state index in [0.717, 1.165) is 12.1 Å². The van der Waals surface area contributed by atoms with E-state index in [1.54, 1.807) is 0 Å². The van der Waals surface area contributed by atoms with Crippen LogP contribution in [0.2, 0.25) is 0 Å². The molecule has 0 unspecified atom stereocenters. The lowest BCUT2D eigenvalue weighted by atomic mass is 10.0. The predicted molar refractivity (Wildman–Crippen MR) is 53.1 cm³/mol. The molecule has 1 heterocycles. The van der Waals surface area contributed by atoms with Gasteiger partial charge in [0.15, 0.2) is 0 Å². The second kappa shape index (κ2) is 3.37. The van der Waals surface area contributed by atoms with Gasteiger partial charge in [0, 0.05) is 11.6 Å². The van der Waals surface area contributed by atoms with Crippen LogP contribution >= 0.6 is 0 Å². The molecule has 0 atom stereocenters. The fourth-order valence-electron chi connectivity index (χ4n) is 1.64. The number of fused-ring (bicyclic) bond motifs is 1. The van der Waals surface area contributed by atoms with E-state index in [0.29, 0.717) is 10.9 Å². The molecule has 1 N–H and O–H groups in total. The van der Waals surface area contributed by atoms with Gasteiger partial charge in [-0.25, -0.2) is 0 Å². The number of hydrogen-bond donors (Lipinski definition) is 1. The Morgan fingerprint density at radius 2 is 1.94 bits per heavy atom. The fraction of sp³-hybridized carbons (Fsp3) is 0.182. The predicted octanol–water partition coefficient (Wildman–Crippen LogP) is 3.27. The first-order chi connectivity index (χ1) is 7.39. The lowest BCUT2D eigenvalue weighted by Crippen LogP contribution is -2.05. The first kappa shape index (κ1) is 10.7. The van der Waals surface area contributed by atoms with Gasteiger partial charge in [0.05, 0.1) is 11.1 Å². The van der Waals surface area contributed by atoms with Gasteiger partial charge in [-0.2, -0.15) is 13.2 Å². The molecule has 84 valence electrons. The van der Waals surface area contributed by atoms with E-state index in [4.69, 9.17) is 0 Å². The van der Waals surface area contributed by atoms with Crippen molar-refractivity contribution < 1.29 is 18.3 Å². The zero-order chi connectivity index (χ0) is 11.9. The second-order valence-corrected chi connectivity index (χ2v) is 3.52. The van der Waals surface area contributed by atoms with Crippen molar-refractivity contribution in [1.29, 1.82) is 0 Å². The smallest absolute Gasteiger partial charge is 0.416 e. The Labute approximate surface area is 89.4 Å². The number of halogens is 3. The van der Waals surface area contributed by atoms with E-state index >= 15 is 0 Å². The highest BCUT2D eigenvalue weighted by molar-refractivity contribution is 5.88. The average Bonchev–Trinajstić information content (AvgIpc) is 2.15. The Balaban J connectivity index is 2.79. The molecule has 0 saturated carbocycles. The number of rotatable bonds is 0. The molecule has 0 aliphatic carbocycles. The van der Waals surface area contributed by atoms with Gasteiger partial charge >= 0.3 is 6.18 Å². The largest absolute Gasteiger partial charge is 0.507 e. The number of pyridine rings is 1. The maximum atomic E-state index is 12.5. The highest BCUT2D eigenvalue weighted by Crippen LogP contribution is 2.34. The first-order valence-corrected chi connectivity index (χ1v) is 4.55. The van der Waals surface area contributed by atoms with Crippen molar-refractivity contribution in [2.75, 3.05) is 0 Å². The third-order valence-corrected chi connectivity index (χ3v) is 2.34. The van der Waals surface area contributed by atoms with Crippen LogP contribution in [0.3, 0.4) is 0 Å². The topological polar surface area (TPSA) is 33.1 Å². The summed E-state index contributed by atoms with van der Waals surface area (Å²) in [4.78, 5) is 3.82. The summed E-state index contributed by atoms with van der Waals surface area (Å²) in [5, 5.41) is 9.88. The Hall–Kier alpha value is -1.78. The summed E-state index contributed by atoms with van der Waals surface area (Å²) in [6.45, 7) is 1.51. The van der Waals surface area contributed by atoms with Crippen LogP contribution in [0.15, 0.2) is 24.4 Å². The summed E-state index contributed by atoms with van der Waals surface area (Å²) in [6.07, 6.45) is -3.12. The molecule has 2 nitrogen and oxygen atoms in total. The SMILES string of the molecule is Cc1cc(C(F)(F)F)cc2nccc(O)c12. The quantitative estimate of drug-likeness (QED) is 0.749. The summed E-state index contributed by atoms with van der Waals surface area (Å²) in [6, 6.07) is 3.29. The Morgan fingerprint density at radius 1 is 1.25 bits per heavy atom. The standard InChI is InChI=1S/C11H8F3NO/c1-6-4-7(11(12,13)14)5-8-10(6)9(16)2-3-15-8/h2-5H,1H3,(H,15,16). The summed E-state index contributed by atoms with van der Waals surface area (Å²) < 4.78 is 37.5. The third-order valence-electron chi connectivity index (χ3n) is 2.34. The molecular formula is C11H8F3NO. The highest BCUT2D eigenvalue weighted by Gasteiger charge is 2.31. The minimum Gasteiger partial charge on any atom is -0.507 e. The Bertz CT molecular complexity index is 549. The zero-order valence-electron chi connectivity index (χ0n) is 8.34. The van der Waals surface area contributed by atoms with Crippen molar-refractivity contribution in [2.24, 2.45) is 0 Å². The van der Waals surface area contributed by atoms with E-state index in [1.165, 1.54) is 19.2 Å². The minimum absolute atomic E-state index is 0.0591. The number of benzene rings is 1. The lowest BCUT2D eigenvalue weighted by molar-refractivity contribution is -0.137. The number of aromatic nitrogens is 1. The molecule has 0 bridgehead atoms. The summed E-state index contributed by atoms with van der Waals surface area (Å²) >= 11 is 0. The number of aryl methyl sites for hydroxylation is 1. The van der Waals surface area contributed by atoms with Gasteiger partial charge in [0.1, 0.15) is 5.75 Å². The van der Waals surface area contributed by atoms with Crippen molar-refractivity contribution in [1.82, 2.24) is 4.98 Å². The van der Waals surface area contributed by atoms with Crippen molar-refractivity contribution in [2.45, 2.75) is 13.1 Å². The maximum absolute atomic E-state index is 12.5. The molecule has 0 fully saturated rings. The molecule has 0 amide bonds. The molecule has 0 spiro atoms. The molecule has 2 rings (SSSR count). The number of aromatic hydroxyl groups is 1. The molecule has 2 aromatic rings. The van der Waals surface area contributed by atoms with Gasteiger partial charge in [-0.3, -0.25) is 4.98 Å². The van der Waals surface area contributed by atoms with E-state index in [9.17, 15) is 18.3 Å². The summed E-state index contributed by atoms with van der Waals surface area (Å²) in [5.74, 6) is -0.0591. The molecule has 0 radical (unpaired) electrons. The van der Waals surface area contributed by atoms with Gasteiger partial charge < -0.3 is 5.11 Å². The normalized spacial score (nSPS) is 12.0. The van der Waals surface area contributed by atoms with Crippen LogP contribution in [0.25, 0.3) is 10.9 Å². The van der Waals surface area contributed by atoms with Crippen LogP contribution in [0.4, 0.5) is 13.2 Å². The number of alkyl halides is 3. The summed E-state index contributed by atoms with van der Waals surface area (Å²) in [5.41, 5.74) is -0.252. The first-order valence-electron chi connectivity index (χ1n) is 4.55. The van der Waals surface area contributed by atoms with Crippen LogP contribution < -0.4 is 0 Å². The van der Waals surface area contributed by atoms with Crippen LogP contribution in [0, 0.1) is 6.92 Å². The van der Waals surface area contributed by atoms with Gasteiger partial charge in [-0.05, 0) is 30.7 Å². The highest BCUT2D eigenvalue weighted by atomic mass is 19.4. The van der Waals surface area contributed by atoms with Gasteiger partial charge in [0.2, 0.25) is 0 Å². The third kappa shape index (κ3) is 1.68. The maximum Gasteiger partial charge on any atom is 0.416 e. The minimum atomic E-state index is -4.40. The Kier molecular flexibility index (Phi) is 2.26. The summed E-state index contributed by atoms with van der Waals surface area (Å²) in [7, 11) is 0. The van der Waals surface area contributed by atoms with Crippen molar-refractivity contribution in [3.63, 3.8) is 0 Å². The second-order valence-electron chi connectivity index (χ2n) is 3.52. The molecule has 1 aromatic carbocycles. The van der Waals surface area contributed by atoms with Gasteiger partial charge in [0.25, 0.3) is 0 Å². The van der Waals surface area contributed by atoms with Crippen molar-refractivity contribution in [3.05, 3.63) is 35.5 Å². The lowest BCUT2D eigenvalue weighted by Gasteiger charge is -2.10. The number of nitrogens with zero attached hydrogens (tertiary/aromatic N) is 1. The monoisotopic (exact) mass is 227 g/mol. The molecular weight excluding hydrogens is 219 g/mol. The van der Waals surface area contributed by atoms with Gasteiger partial charge in [-0.15, -0.1) is 0 Å². The van der Waals surface area contributed by atoms with E-state index < -0.39 is 11.7 Å². The average molecular weight is 227 g/mol. The van der Waals surface area contributed by atoms with E-state index in [-0.39, 0.29) is 11.3 Å². The van der Waals surface area contributed by atoms with Crippen molar-refractivity contribution >= 4 is 10.9 Å². The fourth-order valence-corrected chi connectivity index (χ4v) is 1.64. The molecule has 16 heavy (non-hydrogen) atoms. The molecule has 0 aliphatic heterocycles. The van der Waals surface area contributed by atoms with Crippen LogP contribution in [0.5, 0.6) is 5.75 Å².